The van der Waals surface area contributed by atoms with Crippen LogP contribution in [0, 0.1) is 6.92 Å². The standard InChI is InChI=1S/C23H22N4O6S/c1-12-7-13-8-14(31-2)5-6-17(13)27-21(12)25-26-23(27)34-11-20(28)24-16-10-19(33-4)18(32-3)9-15(16)22(29)30/h5-10H,11H2,1-4H3,(H,24,28)(H,29,30). The second kappa shape index (κ2) is 9.48. The number of carbonyl (C=O) groups is 2. The molecule has 4 rings (SSSR count). The number of thioether (sulfide) groups is 1. The first-order valence-corrected chi connectivity index (χ1v) is 11.1. The summed E-state index contributed by atoms with van der Waals surface area (Å²) in [6, 6.07) is 10.4. The zero-order valence-corrected chi connectivity index (χ0v) is 19.7. The molecule has 0 saturated carbocycles. The molecule has 34 heavy (non-hydrogen) atoms. The first-order valence-electron chi connectivity index (χ1n) is 10.1. The average Bonchev–Trinajstić information content (AvgIpc) is 3.26. The molecule has 0 bridgehead atoms. The molecule has 2 aromatic heterocycles. The number of methoxy groups -OCH3 is 3. The number of benzene rings is 2. The highest BCUT2D eigenvalue weighted by Crippen LogP contribution is 2.34. The van der Waals surface area contributed by atoms with Crippen molar-refractivity contribution in [2.24, 2.45) is 0 Å². The van der Waals surface area contributed by atoms with Crippen molar-refractivity contribution < 1.29 is 28.9 Å². The molecule has 0 saturated heterocycles. The molecule has 4 aromatic rings. The summed E-state index contributed by atoms with van der Waals surface area (Å²) < 4.78 is 17.6. The number of rotatable bonds is 8. The lowest BCUT2D eigenvalue weighted by Crippen LogP contribution is -2.17. The highest BCUT2D eigenvalue weighted by molar-refractivity contribution is 7.99. The van der Waals surface area contributed by atoms with Gasteiger partial charge < -0.3 is 24.6 Å². The Hall–Kier alpha value is -3.99. The average molecular weight is 483 g/mol. The van der Waals surface area contributed by atoms with E-state index in [1.807, 2.05) is 35.6 Å². The van der Waals surface area contributed by atoms with Gasteiger partial charge in [0, 0.05) is 17.5 Å². The van der Waals surface area contributed by atoms with Gasteiger partial charge in [0.25, 0.3) is 0 Å². The van der Waals surface area contributed by atoms with Crippen molar-refractivity contribution in [3.05, 3.63) is 47.5 Å². The quantitative estimate of drug-likeness (QED) is 0.362. The second-order valence-corrected chi connectivity index (χ2v) is 8.23. The van der Waals surface area contributed by atoms with Crippen LogP contribution in [0.1, 0.15) is 15.9 Å². The van der Waals surface area contributed by atoms with E-state index in [1.54, 1.807) is 7.11 Å². The van der Waals surface area contributed by atoms with E-state index >= 15 is 0 Å². The molecule has 176 valence electrons. The van der Waals surface area contributed by atoms with Crippen LogP contribution in [0.4, 0.5) is 5.69 Å². The predicted octanol–water partition coefficient (Wildman–Crippen LogP) is 3.65. The van der Waals surface area contributed by atoms with Crippen molar-refractivity contribution in [1.29, 1.82) is 0 Å². The Balaban J connectivity index is 1.60. The zero-order valence-electron chi connectivity index (χ0n) is 18.9. The van der Waals surface area contributed by atoms with Crippen LogP contribution in [-0.4, -0.2) is 58.7 Å². The molecule has 2 aromatic carbocycles. The number of carboxylic acids is 1. The smallest absolute Gasteiger partial charge is 0.337 e. The molecule has 0 fully saturated rings. The molecule has 2 N–H and O–H groups in total. The third-order valence-electron chi connectivity index (χ3n) is 5.19. The summed E-state index contributed by atoms with van der Waals surface area (Å²) in [7, 11) is 4.44. The number of carbonyl (C=O) groups excluding carboxylic acids is 1. The van der Waals surface area contributed by atoms with Gasteiger partial charge in [-0.2, -0.15) is 0 Å². The zero-order chi connectivity index (χ0) is 24.4. The maximum absolute atomic E-state index is 12.7. The van der Waals surface area contributed by atoms with Gasteiger partial charge in [0.15, 0.2) is 22.3 Å². The monoisotopic (exact) mass is 482 g/mol. The van der Waals surface area contributed by atoms with Gasteiger partial charge in [0.05, 0.1) is 43.8 Å². The predicted molar refractivity (Wildman–Crippen MR) is 128 cm³/mol. The molecule has 0 aliphatic carbocycles. The van der Waals surface area contributed by atoms with Crippen LogP contribution in [0.5, 0.6) is 17.2 Å². The molecule has 0 unspecified atom stereocenters. The third kappa shape index (κ3) is 4.29. The number of hydrogen-bond acceptors (Lipinski definition) is 8. The van der Waals surface area contributed by atoms with Crippen LogP contribution >= 0.6 is 11.8 Å². The number of pyridine rings is 1. The summed E-state index contributed by atoms with van der Waals surface area (Å²) in [6.07, 6.45) is 0. The van der Waals surface area contributed by atoms with E-state index in [0.717, 1.165) is 22.2 Å². The molecular weight excluding hydrogens is 460 g/mol. The number of fused-ring (bicyclic) bond motifs is 3. The van der Waals surface area contributed by atoms with Gasteiger partial charge in [-0.3, -0.25) is 9.20 Å². The lowest BCUT2D eigenvalue weighted by Gasteiger charge is -2.13. The van der Waals surface area contributed by atoms with Crippen molar-refractivity contribution in [2.75, 3.05) is 32.4 Å². The van der Waals surface area contributed by atoms with Gasteiger partial charge in [-0.1, -0.05) is 11.8 Å². The molecule has 0 atom stereocenters. The number of ether oxygens (including phenoxy) is 3. The number of nitrogens with one attached hydrogen (secondary N) is 1. The number of carboxylic acid groups (broad SMARTS) is 1. The number of nitrogens with zero attached hydrogens (tertiary/aromatic N) is 3. The summed E-state index contributed by atoms with van der Waals surface area (Å²) in [4.78, 5) is 24.4. The number of aromatic nitrogens is 3. The lowest BCUT2D eigenvalue weighted by molar-refractivity contribution is -0.113. The number of aryl methyl sites for hydroxylation is 1. The van der Waals surface area contributed by atoms with E-state index in [2.05, 4.69) is 15.5 Å². The fourth-order valence-corrected chi connectivity index (χ4v) is 4.33. The first-order chi connectivity index (χ1) is 16.4. The van der Waals surface area contributed by atoms with E-state index in [9.17, 15) is 14.7 Å². The molecule has 11 heteroatoms. The molecular formula is C23H22N4O6S. The van der Waals surface area contributed by atoms with Crippen molar-refractivity contribution in [2.45, 2.75) is 12.1 Å². The van der Waals surface area contributed by atoms with E-state index < -0.39 is 11.9 Å². The minimum Gasteiger partial charge on any atom is -0.497 e. The SMILES string of the molecule is COc1ccc2c(c1)cc(C)c1nnc(SCC(=O)Nc3cc(OC)c(OC)cc3C(=O)O)n12. The summed E-state index contributed by atoms with van der Waals surface area (Å²) in [5.74, 6) is -0.339. The number of amides is 1. The summed E-state index contributed by atoms with van der Waals surface area (Å²) >= 11 is 1.19. The molecule has 0 radical (unpaired) electrons. The fourth-order valence-electron chi connectivity index (χ4n) is 3.59. The van der Waals surface area contributed by atoms with Crippen LogP contribution in [0.3, 0.4) is 0 Å². The van der Waals surface area contributed by atoms with Crippen molar-refractivity contribution in [3.8, 4) is 17.2 Å². The number of hydrogen-bond donors (Lipinski definition) is 2. The summed E-state index contributed by atoms with van der Waals surface area (Å²) in [6.45, 7) is 1.94. The van der Waals surface area contributed by atoms with E-state index in [0.29, 0.717) is 16.6 Å². The minimum atomic E-state index is -1.20. The Labute approximate surface area is 198 Å². The van der Waals surface area contributed by atoms with Crippen molar-refractivity contribution >= 4 is 45.9 Å². The second-order valence-electron chi connectivity index (χ2n) is 7.29. The minimum absolute atomic E-state index is 0.0141. The first kappa shape index (κ1) is 23.2. The molecule has 0 spiro atoms. The number of aromatic carboxylic acids is 1. The highest BCUT2D eigenvalue weighted by atomic mass is 32.2. The topological polar surface area (TPSA) is 124 Å². The van der Waals surface area contributed by atoms with Crippen molar-refractivity contribution in [1.82, 2.24) is 14.6 Å². The van der Waals surface area contributed by atoms with Crippen LogP contribution < -0.4 is 19.5 Å². The van der Waals surface area contributed by atoms with Gasteiger partial charge in [-0.15, -0.1) is 10.2 Å². The van der Waals surface area contributed by atoms with Gasteiger partial charge in [-0.25, -0.2) is 4.79 Å². The molecule has 0 aliphatic heterocycles. The largest absolute Gasteiger partial charge is 0.497 e. The van der Waals surface area contributed by atoms with Gasteiger partial charge >= 0.3 is 5.97 Å². The van der Waals surface area contributed by atoms with Crippen LogP contribution in [0.2, 0.25) is 0 Å². The molecule has 1 amide bonds. The van der Waals surface area contributed by atoms with Gasteiger partial charge in [0.2, 0.25) is 5.91 Å². The molecule has 0 aliphatic rings. The van der Waals surface area contributed by atoms with Crippen LogP contribution in [0.15, 0.2) is 41.6 Å². The lowest BCUT2D eigenvalue weighted by atomic mass is 10.1. The van der Waals surface area contributed by atoms with Gasteiger partial charge in [0.1, 0.15) is 5.75 Å². The number of anilines is 1. The Bertz CT molecular complexity index is 1420. The summed E-state index contributed by atoms with van der Waals surface area (Å²) in [5, 5.41) is 22.2. The molecule has 2 heterocycles. The third-order valence-corrected chi connectivity index (χ3v) is 6.12. The van der Waals surface area contributed by atoms with Crippen LogP contribution in [0.25, 0.3) is 16.6 Å². The van der Waals surface area contributed by atoms with E-state index in [4.69, 9.17) is 14.2 Å². The maximum Gasteiger partial charge on any atom is 0.337 e. The Morgan fingerprint density at radius 3 is 2.44 bits per heavy atom. The Morgan fingerprint density at radius 1 is 1.03 bits per heavy atom. The Kier molecular flexibility index (Phi) is 6.46. The normalized spacial score (nSPS) is 10.9. The van der Waals surface area contributed by atoms with E-state index in [-0.39, 0.29) is 22.8 Å². The van der Waals surface area contributed by atoms with Crippen molar-refractivity contribution in [3.63, 3.8) is 0 Å². The van der Waals surface area contributed by atoms with Gasteiger partial charge in [-0.05, 0) is 36.8 Å². The maximum atomic E-state index is 12.7. The highest BCUT2D eigenvalue weighted by Gasteiger charge is 2.19. The molecule has 10 nitrogen and oxygen atoms in total. The van der Waals surface area contributed by atoms with E-state index in [1.165, 1.54) is 38.1 Å². The van der Waals surface area contributed by atoms with Crippen LogP contribution in [-0.2, 0) is 4.79 Å². The summed E-state index contributed by atoms with van der Waals surface area (Å²) in [5.41, 5.74) is 2.49. The Morgan fingerprint density at radius 2 is 1.76 bits per heavy atom. The fraction of sp³-hybridized carbons (Fsp3) is 0.217.